The molecule has 132 valence electrons. The Morgan fingerprint density at radius 1 is 1.20 bits per heavy atom. The van der Waals surface area contributed by atoms with E-state index in [2.05, 4.69) is 42.5 Å². The monoisotopic (exact) mass is 360 g/mol. The summed E-state index contributed by atoms with van der Waals surface area (Å²) >= 11 is 0. The molecule has 2 N–H and O–H groups in total. The van der Waals surface area contributed by atoms with Gasteiger partial charge in [-0.15, -0.1) is 12.4 Å². The number of fused-ring (bicyclic) bond motifs is 1. The molecule has 4 rings (SSSR count). The Morgan fingerprint density at radius 3 is 2.80 bits per heavy atom. The van der Waals surface area contributed by atoms with Gasteiger partial charge < -0.3 is 15.0 Å². The quantitative estimate of drug-likeness (QED) is 0.744. The third kappa shape index (κ3) is 3.83. The minimum absolute atomic E-state index is 0. The normalized spacial score (nSPS) is 14.4. The number of anilines is 2. The molecule has 0 bridgehead atoms. The van der Waals surface area contributed by atoms with Crippen LogP contribution in [0.3, 0.4) is 0 Å². The van der Waals surface area contributed by atoms with Crippen molar-refractivity contribution in [2.45, 2.75) is 13.5 Å². The molecule has 0 atom stereocenters. The summed E-state index contributed by atoms with van der Waals surface area (Å²) in [4.78, 5) is 11.2. The number of aromatic nitrogens is 4. The molecule has 0 radical (unpaired) electrons. The molecule has 0 amide bonds. The van der Waals surface area contributed by atoms with Crippen molar-refractivity contribution in [3.05, 3.63) is 41.9 Å². The number of halogens is 1. The van der Waals surface area contributed by atoms with E-state index in [4.69, 9.17) is 4.74 Å². The van der Waals surface area contributed by atoms with Gasteiger partial charge in [0.1, 0.15) is 5.82 Å². The first-order chi connectivity index (χ1) is 11.8. The van der Waals surface area contributed by atoms with E-state index >= 15 is 0 Å². The van der Waals surface area contributed by atoms with E-state index in [1.165, 1.54) is 0 Å². The Hall–Kier alpha value is -2.38. The van der Waals surface area contributed by atoms with Gasteiger partial charge >= 0.3 is 0 Å². The smallest absolute Gasteiger partial charge is 0.181 e. The Labute approximate surface area is 152 Å². The van der Waals surface area contributed by atoms with Gasteiger partial charge in [-0.05, 0) is 30.7 Å². The number of ether oxygens (including phenoxy) is 1. The van der Waals surface area contributed by atoms with Gasteiger partial charge in [0.25, 0.3) is 0 Å². The van der Waals surface area contributed by atoms with Crippen LogP contribution in [-0.2, 0) is 11.3 Å². The molecule has 0 spiro atoms. The third-order valence-corrected chi connectivity index (χ3v) is 4.25. The topological polar surface area (TPSA) is 79.0 Å². The fraction of sp³-hybridized carbons (Fsp3) is 0.353. The summed E-state index contributed by atoms with van der Waals surface area (Å²) in [6, 6.07) is 6.22. The SMILES string of the molecule is Cc1[nH]nc2ncc(CNc3ccc(N4CCOCC4)cn3)cc12.Cl. The van der Waals surface area contributed by atoms with Gasteiger partial charge in [-0.1, -0.05) is 0 Å². The minimum Gasteiger partial charge on any atom is -0.378 e. The molecule has 0 aromatic carbocycles. The highest BCUT2D eigenvalue weighted by Gasteiger charge is 2.11. The van der Waals surface area contributed by atoms with E-state index in [-0.39, 0.29) is 12.4 Å². The van der Waals surface area contributed by atoms with Crippen LogP contribution < -0.4 is 10.2 Å². The van der Waals surface area contributed by atoms with Gasteiger partial charge in [0.05, 0.1) is 25.1 Å². The van der Waals surface area contributed by atoms with Crippen molar-refractivity contribution in [1.29, 1.82) is 0 Å². The maximum absolute atomic E-state index is 5.38. The van der Waals surface area contributed by atoms with Crippen LogP contribution in [0.15, 0.2) is 30.6 Å². The van der Waals surface area contributed by atoms with Crippen LogP contribution in [0, 0.1) is 6.92 Å². The second kappa shape index (κ2) is 7.67. The largest absolute Gasteiger partial charge is 0.378 e. The zero-order chi connectivity index (χ0) is 16.4. The molecule has 1 aliphatic rings. The Bertz CT molecular complexity index is 829. The molecule has 7 nitrogen and oxygen atoms in total. The van der Waals surface area contributed by atoms with Crippen molar-refractivity contribution >= 4 is 34.9 Å². The molecule has 1 aliphatic heterocycles. The van der Waals surface area contributed by atoms with E-state index in [0.29, 0.717) is 6.54 Å². The molecule has 3 aromatic heterocycles. The summed E-state index contributed by atoms with van der Waals surface area (Å²) in [5.41, 5.74) is 4.03. The lowest BCUT2D eigenvalue weighted by molar-refractivity contribution is 0.122. The number of aryl methyl sites for hydroxylation is 1. The van der Waals surface area contributed by atoms with Gasteiger partial charge in [-0.25, -0.2) is 9.97 Å². The van der Waals surface area contributed by atoms with Crippen LogP contribution in [0.25, 0.3) is 11.0 Å². The predicted octanol–water partition coefficient (Wildman–Crippen LogP) is 2.53. The Balaban J connectivity index is 0.00000182. The average Bonchev–Trinajstić information content (AvgIpc) is 3.02. The molecular weight excluding hydrogens is 340 g/mol. The third-order valence-electron chi connectivity index (χ3n) is 4.25. The number of hydrogen-bond acceptors (Lipinski definition) is 6. The second-order valence-electron chi connectivity index (χ2n) is 5.92. The highest BCUT2D eigenvalue weighted by molar-refractivity contribution is 5.85. The van der Waals surface area contributed by atoms with Crippen LogP contribution in [0.5, 0.6) is 0 Å². The highest BCUT2D eigenvalue weighted by atomic mass is 35.5. The van der Waals surface area contributed by atoms with Gasteiger partial charge in [-0.3, -0.25) is 5.10 Å². The van der Waals surface area contributed by atoms with E-state index in [0.717, 1.165) is 60.1 Å². The summed E-state index contributed by atoms with van der Waals surface area (Å²) in [5.74, 6) is 0.857. The summed E-state index contributed by atoms with van der Waals surface area (Å²) in [7, 11) is 0. The number of pyridine rings is 2. The Morgan fingerprint density at radius 2 is 2.04 bits per heavy atom. The fourth-order valence-corrected chi connectivity index (χ4v) is 2.85. The van der Waals surface area contributed by atoms with Crippen molar-refractivity contribution in [3.63, 3.8) is 0 Å². The predicted molar refractivity (Wildman–Crippen MR) is 100 cm³/mol. The van der Waals surface area contributed by atoms with Crippen molar-refractivity contribution in [2.24, 2.45) is 0 Å². The minimum atomic E-state index is 0. The van der Waals surface area contributed by atoms with Crippen molar-refractivity contribution in [2.75, 3.05) is 36.5 Å². The van der Waals surface area contributed by atoms with Crippen LogP contribution in [-0.4, -0.2) is 46.5 Å². The van der Waals surface area contributed by atoms with E-state index < -0.39 is 0 Å². The molecule has 8 heteroatoms. The molecular formula is C17H21ClN6O. The first-order valence-corrected chi connectivity index (χ1v) is 8.12. The van der Waals surface area contributed by atoms with Crippen molar-refractivity contribution < 1.29 is 4.74 Å². The van der Waals surface area contributed by atoms with Crippen LogP contribution in [0.4, 0.5) is 11.5 Å². The number of H-pyrrole nitrogens is 1. The zero-order valence-electron chi connectivity index (χ0n) is 14.0. The number of nitrogens with one attached hydrogen (secondary N) is 2. The number of hydrogen-bond donors (Lipinski definition) is 2. The molecule has 25 heavy (non-hydrogen) atoms. The maximum atomic E-state index is 5.38. The lowest BCUT2D eigenvalue weighted by atomic mass is 10.2. The van der Waals surface area contributed by atoms with Gasteiger partial charge in [-0.2, -0.15) is 5.10 Å². The maximum Gasteiger partial charge on any atom is 0.181 e. The summed E-state index contributed by atoms with van der Waals surface area (Å²) in [5, 5.41) is 11.5. The van der Waals surface area contributed by atoms with Crippen molar-refractivity contribution in [3.8, 4) is 0 Å². The number of aromatic amines is 1. The number of rotatable bonds is 4. The molecule has 4 heterocycles. The lowest BCUT2D eigenvalue weighted by Crippen LogP contribution is -2.36. The zero-order valence-corrected chi connectivity index (χ0v) is 14.8. The molecule has 3 aromatic rings. The second-order valence-corrected chi connectivity index (χ2v) is 5.92. The van der Waals surface area contributed by atoms with E-state index in [1.807, 2.05) is 25.4 Å². The molecule has 1 fully saturated rings. The fourth-order valence-electron chi connectivity index (χ4n) is 2.85. The first kappa shape index (κ1) is 17.4. The standard InChI is InChI=1S/C17H20N6O.ClH/c1-12-15-8-13(10-20-17(15)22-21-12)9-18-16-3-2-14(11-19-16)23-4-6-24-7-5-23;/h2-3,8,10-11H,4-7,9H2,1H3,(H,18,19)(H,20,21,22);1H. The molecule has 1 saturated heterocycles. The highest BCUT2D eigenvalue weighted by Crippen LogP contribution is 2.18. The van der Waals surface area contributed by atoms with Gasteiger partial charge in [0.15, 0.2) is 5.65 Å². The van der Waals surface area contributed by atoms with Crippen LogP contribution in [0.1, 0.15) is 11.3 Å². The first-order valence-electron chi connectivity index (χ1n) is 8.12. The summed E-state index contributed by atoms with van der Waals surface area (Å²) < 4.78 is 5.38. The van der Waals surface area contributed by atoms with E-state index in [1.54, 1.807) is 0 Å². The Kier molecular flexibility index (Phi) is 5.35. The van der Waals surface area contributed by atoms with Crippen LogP contribution in [0.2, 0.25) is 0 Å². The lowest BCUT2D eigenvalue weighted by Gasteiger charge is -2.28. The van der Waals surface area contributed by atoms with E-state index in [9.17, 15) is 0 Å². The van der Waals surface area contributed by atoms with Crippen molar-refractivity contribution in [1.82, 2.24) is 20.2 Å². The molecule has 0 saturated carbocycles. The number of morpholine rings is 1. The summed E-state index contributed by atoms with van der Waals surface area (Å²) in [6.07, 6.45) is 3.76. The van der Waals surface area contributed by atoms with Gasteiger partial charge in [0.2, 0.25) is 0 Å². The number of nitrogens with zero attached hydrogens (tertiary/aromatic N) is 4. The van der Waals surface area contributed by atoms with Gasteiger partial charge in [0, 0.05) is 36.9 Å². The summed E-state index contributed by atoms with van der Waals surface area (Å²) in [6.45, 7) is 6.08. The average molecular weight is 361 g/mol. The molecule has 0 aliphatic carbocycles. The van der Waals surface area contributed by atoms with Crippen LogP contribution >= 0.6 is 12.4 Å². The molecule has 0 unspecified atom stereocenters.